The lowest BCUT2D eigenvalue weighted by Gasteiger charge is -2.32. The average molecular weight is 435 g/mol. The van der Waals surface area contributed by atoms with E-state index in [0.717, 1.165) is 49.0 Å². The molecule has 0 amide bonds. The zero-order chi connectivity index (χ0) is 21.9. The third-order valence-electron chi connectivity index (χ3n) is 8.03. The van der Waals surface area contributed by atoms with Crippen LogP contribution in [0.2, 0.25) is 0 Å². The highest BCUT2D eigenvalue weighted by Crippen LogP contribution is 2.40. The second kappa shape index (κ2) is 13.3. The maximum absolute atomic E-state index is 13.5. The smallest absolute Gasteiger partial charge is 0.159 e. The van der Waals surface area contributed by atoms with Crippen molar-refractivity contribution in [1.29, 1.82) is 0 Å². The van der Waals surface area contributed by atoms with Gasteiger partial charge in [0, 0.05) is 0 Å². The molecule has 0 saturated heterocycles. The molecule has 2 aliphatic rings. The van der Waals surface area contributed by atoms with Crippen LogP contribution in [0.25, 0.3) is 0 Å². The van der Waals surface area contributed by atoms with Crippen LogP contribution in [0.3, 0.4) is 0 Å². The summed E-state index contributed by atoms with van der Waals surface area (Å²) < 4.78 is 38.6. The topological polar surface area (TPSA) is 0 Å². The molecule has 0 N–H and O–H groups in total. The van der Waals surface area contributed by atoms with Gasteiger partial charge in [0.1, 0.15) is 0 Å². The van der Waals surface area contributed by atoms with Crippen molar-refractivity contribution in [3.8, 4) is 0 Å². The van der Waals surface area contributed by atoms with E-state index >= 15 is 0 Å². The van der Waals surface area contributed by atoms with Gasteiger partial charge in [-0.2, -0.15) is 0 Å². The van der Waals surface area contributed by atoms with Gasteiger partial charge in [0.2, 0.25) is 0 Å². The van der Waals surface area contributed by atoms with Crippen LogP contribution in [-0.2, 0) is 0 Å². The van der Waals surface area contributed by atoms with E-state index in [1.807, 2.05) is 0 Å². The van der Waals surface area contributed by atoms with Crippen LogP contribution in [0, 0.1) is 29.4 Å². The first-order valence-corrected chi connectivity index (χ1v) is 12.9. The third kappa shape index (κ3) is 8.31. The van der Waals surface area contributed by atoms with E-state index in [2.05, 4.69) is 0 Å². The van der Waals surface area contributed by atoms with Gasteiger partial charge in [-0.25, -0.2) is 13.2 Å². The minimum absolute atomic E-state index is 0.405. The molecule has 1 aromatic carbocycles. The van der Waals surface area contributed by atoms with Gasteiger partial charge >= 0.3 is 0 Å². The Bertz CT molecular complexity index is 652. The molecule has 3 heteroatoms. The highest BCUT2D eigenvalue weighted by atomic mass is 19.2. The fourth-order valence-corrected chi connectivity index (χ4v) is 5.94. The van der Waals surface area contributed by atoms with E-state index in [0.29, 0.717) is 12.2 Å². The number of hydrogen-bond acceptors (Lipinski definition) is 0. The molecular formula is C28H41F3. The molecule has 0 heterocycles. The van der Waals surface area contributed by atoms with Gasteiger partial charge in [-0.15, -0.1) is 0 Å². The summed E-state index contributed by atoms with van der Waals surface area (Å²) in [4.78, 5) is 0. The van der Waals surface area contributed by atoms with E-state index in [9.17, 15) is 13.2 Å². The Morgan fingerprint density at radius 3 is 1.87 bits per heavy atom. The summed E-state index contributed by atoms with van der Waals surface area (Å²) in [5, 5.41) is 0. The largest absolute Gasteiger partial charge is 0.216 e. The van der Waals surface area contributed by atoms with Crippen LogP contribution < -0.4 is 0 Å². The van der Waals surface area contributed by atoms with Crippen LogP contribution in [0.5, 0.6) is 0 Å². The monoisotopic (exact) mass is 434 g/mol. The first kappa shape index (κ1) is 24.4. The molecule has 0 unspecified atom stereocenters. The lowest BCUT2D eigenvalue weighted by molar-refractivity contribution is 0.222. The normalized spacial score (nSPS) is 27.1. The SMILES string of the molecule is FC=CCCCCCCC1CCC(CCC2CCC(c3ccc(F)c(F)c3)CC2)CC1. The zero-order valence-electron chi connectivity index (χ0n) is 19.1. The molecular weight excluding hydrogens is 393 g/mol. The van der Waals surface area contributed by atoms with Gasteiger partial charge in [-0.3, -0.25) is 0 Å². The van der Waals surface area contributed by atoms with Crippen molar-refractivity contribution in [3.05, 3.63) is 47.8 Å². The van der Waals surface area contributed by atoms with E-state index in [1.165, 1.54) is 89.2 Å². The van der Waals surface area contributed by atoms with Crippen molar-refractivity contribution in [1.82, 2.24) is 0 Å². The molecule has 2 aliphatic carbocycles. The van der Waals surface area contributed by atoms with Crippen LogP contribution in [0.4, 0.5) is 13.2 Å². The molecule has 174 valence electrons. The summed E-state index contributed by atoms with van der Waals surface area (Å²) in [5.74, 6) is 1.64. The number of rotatable bonds is 11. The minimum atomic E-state index is -0.741. The summed E-state index contributed by atoms with van der Waals surface area (Å²) in [6.45, 7) is 0. The summed E-state index contributed by atoms with van der Waals surface area (Å²) in [7, 11) is 0. The third-order valence-corrected chi connectivity index (χ3v) is 8.03. The van der Waals surface area contributed by atoms with Crippen molar-refractivity contribution in [2.45, 2.75) is 109 Å². The second-order valence-corrected chi connectivity index (χ2v) is 10.2. The first-order chi connectivity index (χ1) is 15.2. The lowest BCUT2D eigenvalue weighted by Crippen LogP contribution is -2.18. The predicted octanol–water partition coefficient (Wildman–Crippen LogP) is 9.65. The molecule has 0 bridgehead atoms. The summed E-state index contributed by atoms with van der Waals surface area (Å²) >= 11 is 0. The maximum Gasteiger partial charge on any atom is 0.159 e. The Balaban J connectivity index is 1.24. The van der Waals surface area contributed by atoms with E-state index in [-0.39, 0.29) is 0 Å². The van der Waals surface area contributed by atoms with Crippen molar-refractivity contribution in [2.24, 2.45) is 17.8 Å². The number of benzene rings is 1. The average Bonchev–Trinajstić information content (AvgIpc) is 2.80. The number of halogens is 3. The van der Waals surface area contributed by atoms with Crippen LogP contribution >= 0.6 is 0 Å². The van der Waals surface area contributed by atoms with Gasteiger partial charge in [-0.1, -0.05) is 76.4 Å². The molecule has 0 aromatic heterocycles. The summed E-state index contributed by atoms with van der Waals surface area (Å²) in [6.07, 6.45) is 22.7. The fourth-order valence-electron chi connectivity index (χ4n) is 5.94. The fraction of sp³-hybridized carbons (Fsp3) is 0.714. The first-order valence-electron chi connectivity index (χ1n) is 12.9. The van der Waals surface area contributed by atoms with Crippen LogP contribution in [0.15, 0.2) is 30.6 Å². The lowest BCUT2D eigenvalue weighted by atomic mass is 9.74. The summed E-state index contributed by atoms with van der Waals surface area (Å²) in [5.41, 5.74) is 0.979. The molecule has 3 rings (SSSR count). The summed E-state index contributed by atoms with van der Waals surface area (Å²) in [6, 6.07) is 4.45. The molecule has 2 fully saturated rings. The Morgan fingerprint density at radius 1 is 0.677 bits per heavy atom. The van der Waals surface area contributed by atoms with Crippen molar-refractivity contribution < 1.29 is 13.2 Å². The Morgan fingerprint density at radius 2 is 1.26 bits per heavy atom. The van der Waals surface area contributed by atoms with Gasteiger partial charge in [0.15, 0.2) is 11.6 Å². The molecule has 0 aliphatic heterocycles. The molecule has 0 spiro atoms. The Hall–Kier alpha value is -1.25. The van der Waals surface area contributed by atoms with Gasteiger partial charge in [0.25, 0.3) is 0 Å². The predicted molar refractivity (Wildman–Crippen MR) is 124 cm³/mol. The molecule has 1 aromatic rings. The standard InChI is InChI=1S/C28H41F3/c29-20-6-4-2-1-3-5-7-22-8-10-23(11-9-22)12-13-24-14-16-25(17-15-24)26-18-19-27(30)28(31)21-26/h6,18-25H,1-5,7-17H2. The minimum Gasteiger partial charge on any atom is -0.216 e. The molecule has 0 nitrogen and oxygen atoms in total. The second-order valence-electron chi connectivity index (χ2n) is 10.2. The number of hydrogen-bond donors (Lipinski definition) is 0. The van der Waals surface area contributed by atoms with Crippen molar-refractivity contribution in [2.75, 3.05) is 0 Å². The van der Waals surface area contributed by atoms with Crippen LogP contribution in [0.1, 0.15) is 114 Å². The molecule has 0 atom stereocenters. The van der Waals surface area contributed by atoms with E-state index in [4.69, 9.17) is 0 Å². The van der Waals surface area contributed by atoms with Gasteiger partial charge in [0.05, 0.1) is 6.33 Å². The maximum atomic E-state index is 13.5. The quantitative estimate of drug-likeness (QED) is 0.304. The van der Waals surface area contributed by atoms with Crippen LogP contribution in [-0.4, -0.2) is 0 Å². The number of allylic oxidation sites excluding steroid dienone is 1. The van der Waals surface area contributed by atoms with Gasteiger partial charge < -0.3 is 0 Å². The Labute approximate surface area is 187 Å². The zero-order valence-corrected chi connectivity index (χ0v) is 19.1. The Kier molecular flexibility index (Phi) is 10.5. The van der Waals surface area contributed by atoms with E-state index in [1.54, 1.807) is 12.1 Å². The molecule has 0 radical (unpaired) electrons. The number of unbranched alkanes of at least 4 members (excludes halogenated alkanes) is 4. The molecule has 31 heavy (non-hydrogen) atoms. The highest BCUT2D eigenvalue weighted by molar-refractivity contribution is 5.22. The van der Waals surface area contributed by atoms with Crippen molar-refractivity contribution >= 4 is 0 Å². The van der Waals surface area contributed by atoms with E-state index < -0.39 is 11.6 Å². The molecule has 2 saturated carbocycles. The van der Waals surface area contributed by atoms with Crippen molar-refractivity contribution in [3.63, 3.8) is 0 Å². The van der Waals surface area contributed by atoms with Gasteiger partial charge in [-0.05, 0) is 79.9 Å². The highest BCUT2D eigenvalue weighted by Gasteiger charge is 2.25.